The highest BCUT2D eigenvalue weighted by atomic mass is 16.5. The number of fused-ring (bicyclic) bond motifs is 1. The lowest BCUT2D eigenvalue weighted by Gasteiger charge is -2.25. The third-order valence-electron chi connectivity index (χ3n) is 3.86. The van der Waals surface area contributed by atoms with E-state index in [4.69, 9.17) is 15.2 Å². The van der Waals surface area contributed by atoms with Crippen molar-refractivity contribution in [3.63, 3.8) is 0 Å². The van der Waals surface area contributed by atoms with Gasteiger partial charge in [-0.15, -0.1) is 0 Å². The highest BCUT2D eigenvalue weighted by Crippen LogP contribution is 2.31. The van der Waals surface area contributed by atoms with E-state index in [-0.39, 0.29) is 0 Å². The van der Waals surface area contributed by atoms with E-state index >= 15 is 0 Å². The monoisotopic (exact) mass is 298 g/mol. The molecule has 2 aromatic rings. The number of amides is 1. The first kappa shape index (κ1) is 14.4. The zero-order chi connectivity index (χ0) is 15.5. The van der Waals surface area contributed by atoms with E-state index in [9.17, 15) is 4.79 Å². The Morgan fingerprint density at radius 1 is 1.41 bits per heavy atom. The number of nitrogens with zero attached hydrogens (tertiary/aromatic N) is 1. The van der Waals surface area contributed by atoms with Crippen LogP contribution in [0.3, 0.4) is 0 Å². The van der Waals surface area contributed by atoms with E-state index in [1.54, 1.807) is 25.4 Å². The summed E-state index contributed by atoms with van der Waals surface area (Å²) in [5.41, 5.74) is 7.83. The SMILES string of the molecule is COc1ccc2c(c1)OCC(Cc1cc(C(N)=O)ccn1)C2. The normalized spacial score (nSPS) is 16.5. The third-order valence-corrected chi connectivity index (χ3v) is 3.86. The fraction of sp³-hybridized carbons (Fsp3) is 0.294. The molecule has 0 radical (unpaired) electrons. The second-order valence-electron chi connectivity index (χ2n) is 5.46. The van der Waals surface area contributed by atoms with Gasteiger partial charge in [0.25, 0.3) is 0 Å². The van der Waals surface area contributed by atoms with Crippen LogP contribution in [-0.4, -0.2) is 24.6 Å². The quantitative estimate of drug-likeness (QED) is 0.936. The summed E-state index contributed by atoms with van der Waals surface area (Å²) >= 11 is 0. The summed E-state index contributed by atoms with van der Waals surface area (Å²) < 4.78 is 11.0. The first-order valence-electron chi connectivity index (χ1n) is 7.20. The molecule has 0 saturated carbocycles. The number of primary amides is 1. The van der Waals surface area contributed by atoms with E-state index in [0.717, 1.165) is 30.0 Å². The van der Waals surface area contributed by atoms with Crippen molar-refractivity contribution in [2.24, 2.45) is 11.7 Å². The summed E-state index contributed by atoms with van der Waals surface area (Å²) in [5.74, 6) is 1.58. The second kappa shape index (κ2) is 6.05. The van der Waals surface area contributed by atoms with Crippen molar-refractivity contribution >= 4 is 5.91 Å². The number of aromatic nitrogens is 1. The summed E-state index contributed by atoms with van der Waals surface area (Å²) in [6.07, 6.45) is 3.30. The van der Waals surface area contributed by atoms with Crippen molar-refractivity contribution in [2.75, 3.05) is 13.7 Å². The molecule has 5 heteroatoms. The van der Waals surface area contributed by atoms with E-state index in [1.165, 1.54) is 5.56 Å². The van der Waals surface area contributed by atoms with Gasteiger partial charge in [-0.25, -0.2) is 0 Å². The minimum atomic E-state index is -0.430. The number of hydrogen-bond donors (Lipinski definition) is 1. The van der Waals surface area contributed by atoms with Gasteiger partial charge in [-0.3, -0.25) is 9.78 Å². The van der Waals surface area contributed by atoms with Crippen LogP contribution >= 0.6 is 0 Å². The average molecular weight is 298 g/mol. The van der Waals surface area contributed by atoms with Gasteiger partial charge < -0.3 is 15.2 Å². The molecule has 0 spiro atoms. The van der Waals surface area contributed by atoms with Crippen LogP contribution in [0.25, 0.3) is 0 Å². The molecule has 1 aliphatic heterocycles. The van der Waals surface area contributed by atoms with Gasteiger partial charge in [0, 0.05) is 29.4 Å². The lowest BCUT2D eigenvalue weighted by Crippen LogP contribution is -2.23. The molecule has 1 amide bonds. The van der Waals surface area contributed by atoms with Crippen LogP contribution in [0, 0.1) is 5.92 Å². The number of hydrogen-bond acceptors (Lipinski definition) is 4. The van der Waals surface area contributed by atoms with Gasteiger partial charge in [0.15, 0.2) is 0 Å². The molecule has 5 nitrogen and oxygen atoms in total. The average Bonchev–Trinajstić information content (AvgIpc) is 2.54. The predicted octanol–water partition coefficient (Wildman–Crippen LogP) is 1.98. The molecular weight excluding hydrogens is 280 g/mol. The highest BCUT2D eigenvalue weighted by Gasteiger charge is 2.21. The first-order valence-corrected chi connectivity index (χ1v) is 7.20. The Hall–Kier alpha value is -2.56. The van der Waals surface area contributed by atoms with E-state index in [1.807, 2.05) is 18.2 Å². The number of carbonyl (C=O) groups is 1. The fourth-order valence-electron chi connectivity index (χ4n) is 2.71. The number of nitrogens with two attached hydrogens (primary N) is 1. The third kappa shape index (κ3) is 3.03. The maximum atomic E-state index is 11.2. The number of rotatable bonds is 4. The Labute approximate surface area is 129 Å². The molecule has 114 valence electrons. The lowest BCUT2D eigenvalue weighted by molar-refractivity contribution is 0.1000. The van der Waals surface area contributed by atoms with Crippen LogP contribution < -0.4 is 15.2 Å². The van der Waals surface area contributed by atoms with Gasteiger partial charge in [0.2, 0.25) is 5.91 Å². The van der Waals surface area contributed by atoms with Crippen LogP contribution in [0.15, 0.2) is 36.5 Å². The Bertz CT molecular complexity index is 700. The van der Waals surface area contributed by atoms with Crippen LogP contribution in [0.1, 0.15) is 21.6 Å². The number of ether oxygens (including phenoxy) is 2. The minimum Gasteiger partial charge on any atom is -0.497 e. The first-order chi connectivity index (χ1) is 10.7. The highest BCUT2D eigenvalue weighted by molar-refractivity contribution is 5.92. The minimum absolute atomic E-state index is 0.330. The van der Waals surface area contributed by atoms with E-state index in [0.29, 0.717) is 18.1 Å². The molecule has 2 N–H and O–H groups in total. The molecule has 1 unspecified atom stereocenters. The van der Waals surface area contributed by atoms with Crippen LogP contribution in [0.4, 0.5) is 0 Å². The molecule has 0 aliphatic carbocycles. The molecule has 22 heavy (non-hydrogen) atoms. The lowest BCUT2D eigenvalue weighted by atomic mass is 9.92. The summed E-state index contributed by atoms with van der Waals surface area (Å²) in [6.45, 7) is 0.628. The molecule has 0 fully saturated rings. The zero-order valence-corrected chi connectivity index (χ0v) is 12.4. The molecule has 1 aromatic carbocycles. The predicted molar refractivity (Wildman–Crippen MR) is 82.1 cm³/mol. The summed E-state index contributed by atoms with van der Waals surface area (Å²) in [4.78, 5) is 15.5. The van der Waals surface area contributed by atoms with Crippen LogP contribution in [0.2, 0.25) is 0 Å². The Balaban J connectivity index is 1.72. The maximum absolute atomic E-state index is 11.2. The van der Waals surface area contributed by atoms with Gasteiger partial charge in [-0.2, -0.15) is 0 Å². The largest absolute Gasteiger partial charge is 0.497 e. The molecule has 0 saturated heterocycles. The van der Waals surface area contributed by atoms with Crippen molar-refractivity contribution < 1.29 is 14.3 Å². The van der Waals surface area contributed by atoms with Crippen molar-refractivity contribution in [3.05, 3.63) is 53.3 Å². The molecule has 2 heterocycles. The summed E-state index contributed by atoms with van der Waals surface area (Å²) in [5, 5.41) is 0. The van der Waals surface area contributed by atoms with Gasteiger partial charge >= 0.3 is 0 Å². The summed E-state index contributed by atoms with van der Waals surface area (Å²) in [6, 6.07) is 9.28. The number of pyridine rings is 1. The number of benzene rings is 1. The molecule has 0 bridgehead atoms. The molecule has 1 aromatic heterocycles. The second-order valence-corrected chi connectivity index (χ2v) is 5.46. The topological polar surface area (TPSA) is 74.4 Å². The van der Waals surface area contributed by atoms with Crippen LogP contribution in [0.5, 0.6) is 11.5 Å². The van der Waals surface area contributed by atoms with Gasteiger partial charge in [-0.1, -0.05) is 6.07 Å². The van der Waals surface area contributed by atoms with E-state index < -0.39 is 5.91 Å². The molecule has 3 rings (SSSR count). The molecular formula is C17H18N2O3. The Kier molecular flexibility index (Phi) is 3.96. The number of methoxy groups -OCH3 is 1. The van der Waals surface area contributed by atoms with Gasteiger partial charge in [0.05, 0.1) is 13.7 Å². The maximum Gasteiger partial charge on any atom is 0.248 e. The van der Waals surface area contributed by atoms with Crippen molar-refractivity contribution in [1.82, 2.24) is 4.98 Å². The Morgan fingerprint density at radius 3 is 3.05 bits per heavy atom. The molecule has 1 aliphatic rings. The number of carbonyl (C=O) groups excluding carboxylic acids is 1. The summed E-state index contributed by atoms with van der Waals surface area (Å²) in [7, 11) is 1.64. The van der Waals surface area contributed by atoms with Crippen molar-refractivity contribution in [3.8, 4) is 11.5 Å². The standard InChI is InChI=1S/C17H18N2O3/c1-21-15-3-2-12-6-11(10-22-16(12)9-15)7-14-8-13(17(18)20)4-5-19-14/h2-5,8-9,11H,6-7,10H2,1H3,(H2,18,20). The van der Waals surface area contributed by atoms with Gasteiger partial charge in [-0.05, 0) is 36.6 Å². The van der Waals surface area contributed by atoms with E-state index in [2.05, 4.69) is 4.98 Å². The van der Waals surface area contributed by atoms with Crippen LogP contribution in [-0.2, 0) is 12.8 Å². The van der Waals surface area contributed by atoms with Gasteiger partial charge in [0.1, 0.15) is 11.5 Å². The van der Waals surface area contributed by atoms with Crippen molar-refractivity contribution in [2.45, 2.75) is 12.8 Å². The van der Waals surface area contributed by atoms with Crippen molar-refractivity contribution in [1.29, 1.82) is 0 Å². The Morgan fingerprint density at radius 2 is 2.27 bits per heavy atom. The fourth-order valence-corrected chi connectivity index (χ4v) is 2.71. The smallest absolute Gasteiger partial charge is 0.248 e. The zero-order valence-electron chi connectivity index (χ0n) is 12.4. The molecule has 1 atom stereocenters.